The molecule has 1 heterocycles. The molecule has 0 aromatic heterocycles. The molecule has 1 saturated heterocycles. The Bertz CT molecular complexity index is 428. The molecule has 1 aliphatic rings. The third-order valence-electron chi connectivity index (χ3n) is 2.82. The first-order valence-corrected chi connectivity index (χ1v) is 5.28. The number of rotatable bonds is 2. The highest BCUT2D eigenvalue weighted by Crippen LogP contribution is 2.20. The Morgan fingerprint density at radius 3 is 3.00 bits per heavy atom. The summed E-state index contributed by atoms with van der Waals surface area (Å²) in [4.78, 5) is 0. The molecule has 4 heteroatoms. The van der Waals surface area contributed by atoms with Crippen LogP contribution < -0.4 is 5.32 Å². The van der Waals surface area contributed by atoms with Gasteiger partial charge in [0, 0.05) is 12.3 Å². The van der Waals surface area contributed by atoms with Crippen LogP contribution in [0.25, 0.3) is 0 Å². The number of nitrogens with one attached hydrogen (secondary N) is 1. The molecule has 0 spiro atoms. The van der Waals surface area contributed by atoms with Gasteiger partial charge in [-0.25, -0.2) is 4.39 Å². The van der Waals surface area contributed by atoms with E-state index in [4.69, 9.17) is 10.00 Å². The zero-order valence-corrected chi connectivity index (χ0v) is 9.03. The van der Waals surface area contributed by atoms with Crippen molar-refractivity contribution < 1.29 is 9.13 Å². The number of anilines is 1. The van der Waals surface area contributed by atoms with E-state index in [2.05, 4.69) is 5.32 Å². The quantitative estimate of drug-likeness (QED) is 0.831. The summed E-state index contributed by atoms with van der Waals surface area (Å²) in [6.45, 7) is 2.74. The molecule has 1 aromatic carbocycles. The molecule has 0 radical (unpaired) electrons. The number of nitrogens with zero attached hydrogens (tertiary/aromatic N) is 1. The molecule has 1 aliphatic heterocycles. The summed E-state index contributed by atoms with van der Waals surface area (Å²) >= 11 is 0. The van der Waals surface area contributed by atoms with E-state index in [1.165, 1.54) is 12.1 Å². The van der Waals surface area contributed by atoms with Crippen molar-refractivity contribution in [3.63, 3.8) is 0 Å². The molecule has 0 saturated carbocycles. The number of nitriles is 1. The van der Waals surface area contributed by atoms with Crippen LogP contribution in [-0.4, -0.2) is 18.8 Å². The van der Waals surface area contributed by atoms with E-state index < -0.39 is 5.82 Å². The molecule has 2 atom stereocenters. The van der Waals surface area contributed by atoms with Crippen molar-refractivity contribution in [3.05, 3.63) is 29.6 Å². The van der Waals surface area contributed by atoms with Crippen molar-refractivity contribution in [3.8, 4) is 6.07 Å². The number of ether oxygens (including phenoxy) is 1. The average molecular weight is 220 g/mol. The lowest BCUT2D eigenvalue weighted by Crippen LogP contribution is -2.26. The lowest BCUT2D eigenvalue weighted by molar-refractivity contribution is 0.121. The largest absolute Gasteiger partial charge is 0.380 e. The number of hydrogen-bond acceptors (Lipinski definition) is 3. The summed E-state index contributed by atoms with van der Waals surface area (Å²) in [5.41, 5.74) is 0.830. The van der Waals surface area contributed by atoms with Crippen LogP contribution in [-0.2, 0) is 4.74 Å². The van der Waals surface area contributed by atoms with Gasteiger partial charge in [-0.15, -0.1) is 0 Å². The Labute approximate surface area is 93.8 Å². The number of hydrogen-bond donors (Lipinski definition) is 1. The first kappa shape index (κ1) is 10.9. The van der Waals surface area contributed by atoms with Crippen LogP contribution in [0.1, 0.15) is 18.9 Å². The van der Waals surface area contributed by atoms with Gasteiger partial charge < -0.3 is 10.1 Å². The predicted molar refractivity (Wildman–Crippen MR) is 58.6 cm³/mol. The van der Waals surface area contributed by atoms with E-state index in [0.717, 1.165) is 18.7 Å². The van der Waals surface area contributed by atoms with E-state index in [1.54, 1.807) is 6.07 Å². The minimum atomic E-state index is -0.483. The van der Waals surface area contributed by atoms with Crippen molar-refractivity contribution in [2.24, 2.45) is 0 Å². The SMILES string of the molecule is CC1OCCC1Nc1ccc(F)c(C#N)c1. The van der Waals surface area contributed by atoms with E-state index in [-0.39, 0.29) is 17.7 Å². The number of halogens is 1. The molecular formula is C12H13FN2O. The van der Waals surface area contributed by atoms with Crippen LogP contribution in [0.3, 0.4) is 0 Å². The van der Waals surface area contributed by atoms with Gasteiger partial charge in [-0.05, 0) is 31.5 Å². The third kappa shape index (κ3) is 2.15. The van der Waals surface area contributed by atoms with Gasteiger partial charge in [0.15, 0.2) is 0 Å². The zero-order valence-electron chi connectivity index (χ0n) is 9.03. The average Bonchev–Trinajstić information content (AvgIpc) is 2.67. The van der Waals surface area contributed by atoms with Crippen molar-refractivity contribution >= 4 is 5.69 Å². The normalized spacial score (nSPS) is 24.1. The summed E-state index contributed by atoms with van der Waals surface area (Å²) < 4.78 is 18.5. The second-order valence-electron chi connectivity index (χ2n) is 3.92. The van der Waals surface area contributed by atoms with Crippen molar-refractivity contribution in [2.45, 2.75) is 25.5 Å². The van der Waals surface area contributed by atoms with Gasteiger partial charge in [0.1, 0.15) is 11.9 Å². The first-order valence-electron chi connectivity index (χ1n) is 5.28. The maximum absolute atomic E-state index is 13.1. The Kier molecular flexibility index (Phi) is 3.07. The van der Waals surface area contributed by atoms with Crippen molar-refractivity contribution in [2.75, 3.05) is 11.9 Å². The first-order chi connectivity index (χ1) is 7.70. The molecule has 1 N–H and O–H groups in total. The Morgan fingerprint density at radius 2 is 2.38 bits per heavy atom. The fraction of sp³-hybridized carbons (Fsp3) is 0.417. The molecule has 0 bridgehead atoms. The second-order valence-corrected chi connectivity index (χ2v) is 3.92. The molecule has 16 heavy (non-hydrogen) atoms. The van der Waals surface area contributed by atoms with Crippen LogP contribution in [0.2, 0.25) is 0 Å². The van der Waals surface area contributed by atoms with Gasteiger partial charge in [-0.1, -0.05) is 0 Å². The Hall–Kier alpha value is -1.60. The van der Waals surface area contributed by atoms with E-state index in [1.807, 2.05) is 13.0 Å². The highest BCUT2D eigenvalue weighted by atomic mass is 19.1. The maximum Gasteiger partial charge on any atom is 0.141 e. The van der Waals surface area contributed by atoms with Gasteiger partial charge in [0.05, 0.1) is 17.7 Å². The van der Waals surface area contributed by atoms with Gasteiger partial charge in [0.25, 0.3) is 0 Å². The molecule has 0 amide bonds. The van der Waals surface area contributed by atoms with E-state index in [9.17, 15) is 4.39 Å². The standard InChI is InChI=1S/C12H13FN2O/c1-8-12(4-5-16-8)15-10-2-3-11(13)9(6-10)7-14/h2-3,6,8,12,15H,4-5H2,1H3. The monoisotopic (exact) mass is 220 g/mol. The minimum absolute atomic E-state index is 0.0663. The molecule has 0 aliphatic carbocycles. The Balaban J connectivity index is 2.13. The van der Waals surface area contributed by atoms with Gasteiger partial charge in [0.2, 0.25) is 0 Å². The molecule has 3 nitrogen and oxygen atoms in total. The zero-order chi connectivity index (χ0) is 11.5. The molecule has 2 rings (SSSR count). The molecule has 1 fully saturated rings. The highest BCUT2D eigenvalue weighted by molar-refractivity contribution is 5.50. The van der Waals surface area contributed by atoms with E-state index in [0.29, 0.717) is 0 Å². The van der Waals surface area contributed by atoms with Crippen molar-refractivity contribution in [1.82, 2.24) is 0 Å². The minimum Gasteiger partial charge on any atom is -0.380 e. The lowest BCUT2D eigenvalue weighted by atomic mass is 10.1. The van der Waals surface area contributed by atoms with Gasteiger partial charge in [-0.3, -0.25) is 0 Å². The fourth-order valence-corrected chi connectivity index (χ4v) is 1.84. The molecular weight excluding hydrogens is 207 g/mol. The topological polar surface area (TPSA) is 45.0 Å². The van der Waals surface area contributed by atoms with Crippen LogP contribution in [0.5, 0.6) is 0 Å². The highest BCUT2D eigenvalue weighted by Gasteiger charge is 2.23. The molecule has 84 valence electrons. The van der Waals surface area contributed by atoms with Gasteiger partial charge in [-0.2, -0.15) is 5.26 Å². The summed E-state index contributed by atoms with van der Waals surface area (Å²) in [5, 5.41) is 12.0. The Morgan fingerprint density at radius 1 is 1.56 bits per heavy atom. The lowest BCUT2D eigenvalue weighted by Gasteiger charge is -2.17. The maximum atomic E-state index is 13.1. The fourth-order valence-electron chi connectivity index (χ4n) is 1.84. The summed E-state index contributed by atoms with van der Waals surface area (Å²) in [6, 6.07) is 6.53. The molecule has 1 aromatic rings. The van der Waals surface area contributed by atoms with Crippen LogP contribution in [0.4, 0.5) is 10.1 Å². The molecule has 2 unspecified atom stereocenters. The summed E-state index contributed by atoms with van der Waals surface area (Å²) in [6.07, 6.45) is 1.08. The van der Waals surface area contributed by atoms with E-state index >= 15 is 0 Å². The van der Waals surface area contributed by atoms with Crippen LogP contribution in [0, 0.1) is 17.1 Å². The van der Waals surface area contributed by atoms with Crippen molar-refractivity contribution in [1.29, 1.82) is 5.26 Å². The van der Waals surface area contributed by atoms with Crippen LogP contribution in [0.15, 0.2) is 18.2 Å². The summed E-state index contributed by atoms with van der Waals surface area (Å²) in [5.74, 6) is -0.483. The van der Waals surface area contributed by atoms with Crippen LogP contribution >= 0.6 is 0 Å². The predicted octanol–water partition coefficient (Wildman–Crippen LogP) is 2.29. The van der Waals surface area contributed by atoms with Gasteiger partial charge >= 0.3 is 0 Å². The third-order valence-corrected chi connectivity index (χ3v) is 2.82. The second kappa shape index (κ2) is 4.50. The number of benzene rings is 1. The smallest absolute Gasteiger partial charge is 0.141 e. The summed E-state index contributed by atoms with van der Waals surface area (Å²) in [7, 11) is 0.